The van der Waals surface area contributed by atoms with E-state index in [9.17, 15) is 10.2 Å². The molecule has 2 aromatic carbocycles. The van der Waals surface area contributed by atoms with E-state index in [1.165, 1.54) is 39.8 Å². The van der Waals surface area contributed by atoms with Gasteiger partial charge in [0.05, 0.1) is 13.2 Å². The summed E-state index contributed by atoms with van der Waals surface area (Å²) < 4.78 is 0. The minimum Gasteiger partial charge on any atom is -0.396 e. The predicted octanol–water partition coefficient (Wildman–Crippen LogP) is 5.56. The third-order valence-corrected chi connectivity index (χ3v) is 7.84. The zero-order chi connectivity index (χ0) is 23.5. The highest BCUT2D eigenvalue weighted by Gasteiger charge is 2.45. The fourth-order valence-corrected chi connectivity index (χ4v) is 6.71. The molecule has 176 valence electrons. The van der Waals surface area contributed by atoms with Crippen LogP contribution in [0, 0.1) is 39.5 Å². The summed E-state index contributed by atoms with van der Waals surface area (Å²) in [5.74, 6) is 1.26. The molecule has 4 unspecified atom stereocenters. The van der Waals surface area contributed by atoms with E-state index in [1.54, 1.807) is 0 Å². The first-order chi connectivity index (χ1) is 15.2. The molecule has 0 heterocycles. The molecule has 0 amide bonds. The molecule has 0 aliphatic heterocycles. The van der Waals surface area contributed by atoms with E-state index in [-0.39, 0.29) is 30.6 Å². The molecule has 0 bridgehead atoms. The Bertz CT molecular complexity index is 856. The molecule has 0 aromatic heterocycles. The van der Waals surface area contributed by atoms with Crippen molar-refractivity contribution in [2.75, 3.05) is 19.8 Å². The Morgan fingerprint density at radius 1 is 0.812 bits per heavy atom. The molecule has 0 spiro atoms. The van der Waals surface area contributed by atoms with Crippen LogP contribution in [0.1, 0.15) is 78.3 Å². The average Bonchev–Trinajstić information content (AvgIpc) is 2.72. The number of hydrogen-bond acceptors (Lipinski definition) is 3. The van der Waals surface area contributed by atoms with Crippen molar-refractivity contribution in [3.63, 3.8) is 0 Å². The normalized spacial score (nSPS) is 25.5. The van der Waals surface area contributed by atoms with Gasteiger partial charge in [-0.2, -0.15) is 0 Å². The third kappa shape index (κ3) is 5.11. The summed E-state index contributed by atoms with van der Waals surface area (Å²) in [7, 11) is 0. The van der Waals surface area contributed by atoms with Gasteiger partial charge in [-0.3, -0.25) is 0 Å². The fraction of sp³-hybridized carbons (Fsp3) is 0.586. The van der Waals surface area contributed by atoms with Gasteiger partial charge in [0, 0.05) is 23.9 Å². The van der Waals surface area contributed by atoms with Crippen molar-refractivity contribution in [3.8, 4) is 0 Å². The van der Waals surface area contributed by atoms with Crippen molar-refractivity contribution in [1.82, 2.24) is 5.32 Å². The lowest BCUT2D eigenvalue weighted by molar-refractivity contribution is 0.0816. The number of rotatable bonds is 8. The van der Waals surface area contributed by atoms with E-state index in [4.69, 9.17) is 0 Å². The van der Waals surface area contributed by atoms with Crippen molar-refractivity contribution in [3.05, 3.63) is 69.8 Å². The largest absolute Gasteiger partial charge is 0.396 e. The molecule has 3 nitrogen and oxygen atoms in total. The smallest absolute Gasteiger partial charge is 0.0517 e. The molecule has 3 heteroatoms. The third-order valence-electron chi connectivity index (χ3n) is 7.84. The van der Waals surface area contributed by atoms with E-state index in [0.29, 0.717) is 18.4 Å². The Morgan fingerprint density at radius 2 is 1.28 bits per heavy atom. The van der Waals surface area contributed by atoms with Crippen LogP contribution in [-0.2, 0) is 0 Å². The molecule has 2 aromatic rings. The highest BCUT2D eigenvalue weighted by atomic mass is 16.3. The minimum atomic E-state index is -0.188. The molecular formula is C29H43NO2. The van der Waals surface area contributed by atoms with Gasteiger partial charge in [-0.1, -0.05) is 50.2 Å². The quantitative estimate of drug-likeness (QED) is 0.507. The van der Waals surface area contributed by atoms with Crippen molar-refractivity contribution in [2.24, 2.45) is 11.8 Å². The summed E-state index contributed by atoms with van der Waals surface area (Å²) in [6.07, 6.45) is 3.32. The van der Waals surface area contributed by atoms with Gasteiger partial charge in [0.1, 0.15) is 0 Å². The van der Waals surface area contributed by atoms with Gasteiger partial charge in [-0.05, 0) is 92.2 Å². The summed E-state index contributed by atoms with van der Waals surface area (Å²) in [6, 6.07) is 12.8. The Labute approximate surface area is 195 Å². The summed E-state index contributed by atoms with van der Waals surface area (Å²) >= 11 is 0. The highest BCUT2D eigenvalue weighted by molar-refractivity contribution is 5.40. The average molecular weight is 438 g/mol. The van der Waals surface area contributed by atoms with E-state index in [1.807, 2.05) is 0 Å². The summed E-state index contributed by atoms with van der Waals surface area (Å²) in [6.45, 7) is 14.3. The summed E-state index contributed by atoms with van der Waals surface area (Å²) in [5.41, 5.74) is 7.33. The van der Waals surface area contributed by atoms with Crippen LogP contribution in [0.25, 0.3) is 0 Å². The molecule has 1 aliphatic carbocycles. The fourth-order valence-electron chi connectivity index (χ4n) is 6.71. The topological polar surface area (TPSA) is 52.5 Å². The highest BCUT2D eigenvalue weighted by Crippen LogP contribution is 2.46. The predicted molar refractivity (Wildman–Crippen MR) is 134 cm³/mol. The van der Waals surface area contributed by atoms with Crippen molar-refractivity contribution < 1.29 is 10.2 Å². The zero-order valence-corrected chi connectivity index (χ0v) is 20.9. The van der Waals surface area contributed by atoms with E-state index in [2.05, 4.69) is 83.3 Å². The summed E-state index contributed by atoms with van der Waals surface area (Å²) in [4.78, 5) is 0. The lowest BCUT2D eigenvalue weighted by Gasteiger charge is -2.49. The Balaban J connectivity index is 2.00. The number of benzene rings is 2. The molecular weight excluding hydrogens is 394 g/mol. The SMILES string of the molecule is Cc1cccc(C)c1C(CO)CNC1(C(CO)c2c(C)cccc2C)CC(C)CC(C)C1. The first-order valence-electron chi connectivity index (χ1n) is 12.3. The first-order valence-corrected chi connectivity index (χ1v) is 12.3. The van der Waals surface area contributed by atoms with Gasteiger partial charge in [0.2, 0.25) is 0 Å². The molecule has 3 N–H and O–H groups in total. The van der Waals surface area contributed by atoms with Crippen LogP contribution >= 0.6 is 0 Å². The van der Waals surface area contributed by atoms with Crippen molar-refractivity contribution >= 4 is 0 Å². The van der Waals surface area contributed by atoms with Crippen LogP contribution in [0.4, 0.5) is 0 Å². The molecule has 32 heavy (non-hydrogen) atoms. The maximum absolute atomic E-state index is 10.8. The second-order valence-corrected chi connectivity index (χ2v) is 10.6. The minimum absolute atomic E-state index is 0.0335. The van der Waals surface area contributed by atoms with E-state index >= 15 is 0 Å². The molecule has 1 fully saturated rings. The summed E-state index contributed by atoms with van der Waals surface area (Å²) in [5, 5.41) is 25.1. The van der Waals surface area contributed by atoms with Gasteiger partial charge in [-0.25, -0.2) is 0 Å². The maximum Gasteiger partial charge on any atom is 0.0517 e. The Kier molecular flexibility index (Phi) is 8.19. The second-order valence-electron chi connectivity index (χ2n) is 10.6. The number of aliphatic hydroxyl groups is 2. The molecule has 3 rings (SSSR count). The molecule has 4 atom stereocenters. The maximum atomic E-state index is 10.8. The number of hydrogen-bond donors (Lipinski definition) is 3. The number of aryl methyl sites for hydroxylation is 4. The molecule has 0 radical (unpaired) electrons. The van der Waals surface area contributed by atoms with E-state index in [0.717, 1.165) is 12.8 Å². The Hall–Kier alpha value is -1.68. The Morgan fingerprint density at radius 3 is 1.72 bits per heavy atom. The lowest BCUT2D eigenvalue weighted by atomic mass is 9.63. The van der Waals surface area contributed by atoms with Crippen molar-refractivity contribution in [1.29, 1.82) is 0 Å². The number of aliphatic hydroxyl groups excluding tert-OH is 2. The molecule has 1 aliphatic rings. The van der Waals surface area contributed by atoms with Gasteiger partial charge < -0.3 is 15.5 Å². The number of nitrogens with one attached hydrogen (secondary N) is 1. The lowest BCUT2D eigenvalue weighted by Crippen LogP contribution is -2.56. The van der Waals surface area contributed by atoms with Gasteiger partial charge in [0.15, 0.2) is 0 Å². The second kappa shape index (κ2) is 10.5. The van der Waals surface area contributed by atoms with Crippen LogP contribution in [-0.4, -0.2) is 35.5 Å². The first kappa shape index (κ1) is 25.0. The standard InChI is InChI=1S/C29H43NO2/c1-19-13-20(2)15-29(14-19,26(18-32)28-23(5)11-8-12-24(28)6)30-16-25(17-31)27-21(3)9-7-10-22(27)4/h7-12,19-20,25-26,30-32H,13-18H2,1-6H3. The van der Waals surface area contributed by atoms with Gasteiger partial charge in [-0.15, -0.1) is 0 Å². The van der Waals surface area contributed by atoms with Crippen LogP contribution in [0.3, 0.4) is 0 Å². The van der Waals surface area contributed by atoms with E-state index < -0.39 is 0 Å². The molecule has 1 saturated carbocycles. The zero-order valence-electron chi connectivity index (χ0n) is 20.9. The van der Waals surface area contributed by atoms with Gasteiger partial charge in [0.25, 0.3) is 0 Å². The van der Waals surface area contributed by atoms with Crippen molar-refractivity contribution in [2.45, 2.75) is 78.2 Å². The van der Waals surface area contributed by atoms with Crippen LogP contribution in [0.15, 0.2) is 36.4 Å². The van der Waals surface area contributed by atoms with Crippen LogP contribution in [0.2, 0.25) is 0 Å². The van der Waals surface area contributed by atoms with Gasteiger partial charge >= 0.3 is 0 Å². The monoisotopic (exact) mass is 437 g/mol. The molecule has 0 saturated heterocycles. The van der Waals surface area contributed by atoms with Crippen LogP contribution < -0.4 is 5.32 Å². The van der Waals surface area contributed by atoms with Crippen LogP contribution in [0.5, 0.6) is 0 Å².